The molecule has 0 aliphatic heterocycles. The van der Waals surface area contributed by atoms with Crippen molar-refractivity contribution in [2.75, 3.05) is 27.2 Å². The second-order valence-electron chi connectivity index (χ2n) is 9.80. The molecule has 218 valence electrons. The largest absolute Gasteiger partial charge is 0.390 e. The lowest BCUT2D eigenvalue weighted by Gasteiger charge is -2.30. The van der Waals surface area contributed by atoms with Crippen LogP contribution in [0.3, 0.4) is 0 Å². The number of rotatable bonds is 12. The summed E-state index contributed by atoms with van der Waals surface area (Å²) in [5, 5.41) is 14.1. The van der Waals surface area contributed by atoms with E-state index < -0.39 is 52.9 Å². The van der Waals surface area contributed by atoms with E-state index in [1.54, 1.807) is 30.3 Å². The maximum atomic E-state index is 14.1. The number of nitrogens with zero attached hydrogens (tertiary/aromatic N) is 3. The number of benzene rings is 2. The molecule has 1 aromatic heterocycles. The van der Waals surface area contributed by atoms with Gasteiger partial charge in [0.05, 0.1) is 23.6 Å². The number of likely N-dealkylation sites (N-methyl/N-ethyl adjacent to an activating group) is 1. The molecule has 3 aromatic rings. The van der Waals surface area contributed by atoms with Crippen LogP contribution in [-0.4, -0.2) is 84.6 Å². The van der Waals surface area contributed by atoms with E-state index in [1.807, 2.05) is 0 Å². The Morgan fingerprint density at radius 1 is 1.00 bits per heavy atom. The Kier molecular flexibility index (Phi) is 10.4. The molecule has 0 aliphatic carbocycles. The summed E-state index contributed by atoms with van der Waals surface area (Å²) in [6, 6.07) is 15.5. The van der Waals surface area contributed by atoms with Crippen molar-refractivity contribution in [2.45, 2.75) is 37.3 Å². The van der Waals surface area contributed by atoms with Gasteiger partial charge in [-0.05, 0) is 48.7 Å². The minimum absolute atomic E-state index is 0.0642. The fourth-order valence-corrected chi connectivity index (χ4v) is 5.66. The van der Waals surface area contributed by atoms with E-state index in [-0.39, 0.29) is 34.1 Å². The number of carbonyl (C=O) groups excluding carboxylic acids is 3. The summed E-state index contributed by atoms with van der Waals surface area (Å²) in [4.78, 5) is 42.5. The molecule has 2 atom stereocenters. The highest BCUT2D eigenvalue weighted by molar-refractivity contribution is 7.89. The third-order valence-corrected chi connectivity index (χ3v) is 8.34. The van der Waals surface area contributed by atoms with Crippen LogP contribution in [0.25, 0.3) is 0 Å². The first kappa shape index (κ1) is 31.5. The Morgan fingerprint density at radius 3 is 2.29 bits per heavy atom. The Bertz CT molecular complexity index is 1510. The molecule has 0 fully saturated rings. The van der Waals surface area contributed by atoms with Gasteiger partial charge in [0.15, 0.2) is 5.78 Å². The molecule has 0 saturated carbocycles. The van der Waals surface area contributed by atoms with Gasteiger partial charge in [-0.2, -0.15) is 4.31 Å². The van der Waals surface area contributed by atoms with E-state index in [0.29, 0.717) is 0 Å². The minimum Gasteiger partial charge on any atom is -0.390 e. The molecule has 0 saturated heterocycles. The standard InChI is InChI=1S/C29H33FN4O6S/c1-19-13-14-22(30)16-27(19)41(39,40)34(18-28(37)33(3)4)17-26(36)25(15-21-9-6-5-7-10-21)32-29(38)24-12-8-11-23(31-24)20(2)35/h5-14,16,25-26,36H,15,17-18H2,1-4H3,(H,32,38)/t25-,26+/m0/s1. The van der Waals surface area contributed by atoms with E-state index in [9.17, 15) is 32.3 Å². The number of hydrogen-bond donors (Lipinski definition) is 2. The highest BCUT2D eigenvalue weighted by atomic mass is 32.2. The first-order chi connectivity index (χ1) is 19.3. The number of amides is 2. The van der Waals surface area contributed by atoms with Crippen LogP contribution in [0, 0.1) is 12.7 Å². The first-order valence-electron chi connectivity index (χ1n) is 12.8. The maximum absolute atomic E-state index is 14.1. The third kappa shape index (κ3) is 8.26. The normalized spacial score (nSPS) is 13.0. The molecule has 0 spiro atoms. The number of halogens is 1. The van der Waals surface area contributed by atoms with Crippen molar-refractivity contribution in [3.05, 3.63) is 95.1 Å². The zero-order chi connectivity index (χ0) is 30.3. The second-order valence-corrected chi connectivity index (χ2v) is 11.7. The van der Waals surface area contributed by atoms with Gasteiger partial charge in [-0.1, -0.05) is 42.5 Å². The van der Waals surface area contributed by atoms with Gasteiger partial charge in [-0.15, -0.1) is 0 Å². The van der Waals surface area contributed by atoms with Gasteiger partial charge in [-0.25, -0.2) is 17.8 Å². The summed E-state index contributed by atoms with van der Waals surface area (Å²) in [6.45, 7) is 1.60. The van der Waals surface area contributed by atoms with Crippen LogP contribution in [0.4, 0.5) is 4.39 Å². The predicted molar refractivity (Wildman–Crippen MR) is 150 cm³/mol. The Hall–Kier alpha value is -4.00. The maximum Gasteiger partial charge on any atom is 0.270 e. The fourth-order valence-electron chi connectivity index (χ4n) is 4.02. The molecule has 2 N–H and O–H groups in total. The number of hydrogen-bond acceptors (Lipinski definition) is 7. The molecule has 0 unspecified atom stereocenters. The second kappa shape index (κ2) is 13.6. The molecule has 1 heterocycles. The minimum atomic E-state index is -4.46. The lowest BCUT2D eigenvalue weighted by Crippen LogP contribution is -2.52. The Labute approximate surface area is 238 Å². The van der Waals surface area contributed by atoms with Crippen LogP contribution < -0.4 is 5.32 Å². The molecule has 10 nitrogen and oxygen atoms in total. The summed E-state index contributed by atoms with van der Waals surface area (Å²) in [5.74, 6) is -2.36. The van der Waals surface area contributed by atoms with Gasteiger partial charge in [-0.3, -0.25) is 14.4 Å². The predicted octanol–water partition coefficient (Wildman–Crippen LogP) is 2.21. The van der Waals surface area contributed by atoms with Crippen molar-refractivity contribution >= 4 is 27.6 Å². The molecule has 0 bridgehead atoms. The Balaban J connectivity index is 1.97. The molecule has 0 aliphatic rings. The molecule has 3 rings (SSSR count). The van der Waals surface area contributed by atoms with Crippen LogP contribution >= 0.6 is 0 Å². The van der Waals surface area contributed by atoms with Gasteiger partial charge in [0.2, 0.25) is 15.9 Å². The summed E-state index contributed by atoms with van der Waals surface area (Å²) in [6.07, 6.45) is -1.40. The molecule has 2 amide bonds. The van der Waals surface area contributed by atoms with Gasteiger partial charge in [0.25, 0.3) is 5.91 Å². The van der Waals surface area contributed by atoms with Crippen molar-refractivity contribution in [1.82, 2.24) is 19.5 Å². The van der Waals surface area contributed by atoms with Gasteiger partial charge < -0.3 is 15.3 Å². The topological polar surface area (TPSA) is 137 Å². The van der Waals surface area contributed by atoms with Crippen molar-refractivity contribution in [3.63, 3.8) is 0 Å². The number of aromatic nitrogens is 1. The van der Waals surface area contributed by atoms with Crippen molar-refractivity contribution < 1.29 is 32.3 Å². The van der Waals surface area contributed by atoms with Crippen LogP contribution in [0.2, 0.25) is 0 Å². The highest BCUT2D eigenvalue weighted by Gasteiger charge is 2.34. The Morgan fingerprint density at radius 2 is 1.66 bits per heavy atom. The smallest absolute Gasteiger partial charge is 0.270 e. The van der Waals surface area contributed by atoms with Gasteiger partial charge in [0, 0.05) is 27.6 Å². The van der Waals surface area contributed by atoms with Crippen LogP contribution in [0.5, 0.6) is 0 Å². The van der Waals surface area contributed by atoms with Crippen molar-refractivity contribution in [2.24, 2.45) is 0 Å². The summed E-state index contributed by atoms with van der Waals surface area (Å²) >= 11 is 0. The molecule has 0 radical (unpaired) electrons. The average molecular weight is 585 g/mol. The molecule has 12 heteroatoms. The number of aliphatic hydroxyl groups is 1. The number of pyridine rings is 1. The lowest BCUT2D eigenvalue weighted by atomic mass is 10.0. The average Bonchev–Trinajstić information content (AvgIpc) is 2.93. The monoisotopic (exact) mass is 584 g/mol. The molecule has 2 aromatic carbocycles. The number of sulfonamides is 1. The van der Waals surface area contributed by atoms with Crippen molar-refractivity contribution in [1.29, 1.82) is 0 Å². The molecular formula is C29H33FN4O6S. The van der Waals surface area contributed by atoms with Crippen LogP contribution in [0.15, 0.2) is 71.6 Å². The zero-order valence-electron chi connectivity index (χ0n) is 23.2. The quantitative estimate of drug-likeness (QED) is 0.312. The highest BCUT2D eigenvalue weighted by Crippen LogP contribution is 2.22. The van der Waals surface area contributed by atoms with E-state index in [0.717, 1.165) is 22.0 Å². The first-order valence-corrected chi connectivity index (χ1v) is 14.2. The van der Waals surface area contributed by atoms with Crippen molar-refractivity contribution in [3.8, 4) is 0 Å². The number of carbonyl (C=O) groups is 3. The van der Waals surface area contributed by atoms with E-state index in [2.05, 4.69) is 10.3 Å². The molecule has 41 heavy (non-hydrogen) atoms. The summed E-state index contributed by atoms with van der Waals surface area (Å²) in [7, 11) is -1.54. The number of Topliss-reactive ketones (excluding diaryl/α,β-unsaturated/α-hetero) is 1. The van der Waals surface area contributed by atoms with Crippen LogP contribution in [-0.2, 0) is 21.2 Å². The number of nitrogens with one attached hydrogen (secondary N) is 1. The molecular weight excluding hydrogens is 551 g/mol. The van der Waals surface area contributed by atoms with Gasteiger partial charge >= 0.3 is 0 Å². The number of aliphatic hydroxyl groups excluding tert-OH is 1. The van der Waals surface area contributed by atoms with E-state index in [1.165, 1.54) is 57.1 Å². The SMILES string of the molecule is CC(=O)c1cccc(C(=O)N[C@@H](Cc2ccccc2)[C@H](O)CN(CC(=O)N(C)C)S(=O)(=O)c2cc(F)ccc2C)n1. The van der Waals surface area contributed by atoms with Gasteiger partial charge in [0.1, 0.15) is 17.2 Å². The number of ketones is 1. The zero-order valence-corrected chi connectivity index (χ0v) is 24.1. The third-order valence-electron chi connectivity index (χ3n) is 6.39. The van der Waals surface area contributed by atoms with E-state index >= 15 is 0 Å². The fraction of sp³-hybridized carbons (Fsp3) is 0.310. The van der Waals surface area contributed by atoms with Crippen LogP contribution in [0.1, 0.15) is 39.0 Å². The summed E-state index contributed by atoms with van der Waals surface area (Å²) < 4.78 is 42.2. The van der Waals surface area contributed by atoms with E-state index in [4.69, 9.17) is 0 Å². The number of aryl methyl sites for hydroxylation is 1. The lowest BCUT2D eigenvalue weighted by molar-refractivity contribution is -0.129. The summed E-state index contributed by atoms with van der Waals surface area (Å²) in [5.41, 5.74) is 1.02.